The van der Waals surface area contributed by atoms with Gasteiger partial charge in [0.25, 0.3) is 10.0 Å². The van der Waals surface area contributed by atoms with Crippen LogP contribution in [0, 0.1) is 0 Å². The van der Waals surface area contributed by atoms with Crippen molar-refractivity contribution in [3.63, 3.8) is 0 Å². The number of fused-ring (bicyclic) bond motifs is 1. The van der Waals surface area contributed by atoms with Gasteiger partial charge in [-0.1, -0.05) is 23.8 Å². The molecule has 128 valence electrons. The predicted octanol–water partition coefficient (Wildman–Crippen LogP) is 2.60. The second-order valence-corrected chi connectivity index (χ2v) is 7.59. The van der Waals surface area contributed by atoms with Crippen LogP contribution in [0.15, 0.2) is 45.2 Å². The smallest absolute Gasteiger partial charge is 0.286 e. The monoisotopic (exact) mass is 347 g/mol. The van der Waals surface area contributed by atoms with E-state index in [1.807, 2.05) is 0 Å². The molecule has 1 aliphatic heterocycles. The summed E-state index contributed by atoms with van der Waals surface area (Å²) >= 11 is 0. The number of amides is 1. The van der Waals surface area contributed by atoms with Crippen molar-refractivity contribution in [2.75, 3.05) is 11.9 Å². The minimum atomic E-state index is -3.74. The Labute approximate surface area is 142 Å². The molecule has 24 heavy (non-hydrogen) atoms. The molecule has 0 atom stereocenters. The summed E-state index contributed by atoms with van der Waals surface area (Å²) < 4.78 is 27.9. The second-order valence-electron chi connectivity index (χ2n) is 6.02. The van der Waals surface area contributed by atoms with E-state index in [1.54, 1.807) is 18.2 Å². The molecule has 0 saturated heterocycles. The van der Waals surface area contributed by atoms with Gasteiger partial charge in [0.2, 0.25) is 5.91 Å². The van der Waals surface area contributed by atoms with E-state index in [1.165, 1.54) is 24.5 Å². The van der Waals surface area contributed by atoms with Crippen LogP contribution in [-0.2, 0) is 14.8 Å². The minimum Gasteiger partial charge on any atom is -0.355 e. The number of sulfonamides is 1. The van der Waals surface area contributed by atoms with Gasteiger partial charge in [-0.25, -0.2) is 0 Å². The Balaban J connectivity index is 1.55. The van der Waals surface area contributed by atoms with Crippen LogP contribution in [0.2, 0.25) is 0 Å². The summed E-state index contributed by atoms with van der Waals surface area (Å²) in [6, 6.07) is 6.54. The number of hydrogen-bond acceptors (Lipinski definition) is 4. The molecule has 0 saturated carbocycles. The highest BCUT2D eigenvalue weighted by atomic mass is 32.2. The lowest BCUT2D eigenvalue weighted by Gasteiger charge is -2.18. The average Bonchev–Trinajstić information content (AvgIpc) is 2.55. The number of allylic oxidation sites excluding steroid dienone is 1. The predicted molar refractivity (Wildman–Crippen MR) is 93.5 cm³/mol. The zero-order valence-corrected chi connectivity index (χ0v) is 14.2. The molecule has 1 heterocycles. The molecule has 0 radical (unpaired) electrons. The van der Waals surface area contributed by atoms with Gasteiger partial charge >= 0.3 is 0 Å². The van der Waals surface area contributed by atoms with Crippen molar-refractivity contribution >= 4 is 27.5 Å². The highest BCUT2D eigenvalue weighted by molar-refractivity contribution is 7.90. The van der Waals surface area contributed by atoms with Gasteiger partial charge < -0.3 is 10.6 Å². The van der Waals surface area contributed by atoms with E-state index in [-0.39, 0.29) is 23.1 Å². The molecule has 2 aliphatic rings. The lowest BCUT2D eigenvalue weighted by Crippen LogP contribution is -2.31. The molecule has 1 aromatic carbocycles. The zero-order valence-electron chi connectivity index (χ0n) is 13.4. The first-order chi connectivity index (χ1) is 11.5. The average molecular weight is 347 g/mol. The number of carbonyl (C=O) groups is 1. The van der Waals surface area contributed by atoms with Crippen LogP contribution in [0.4, 0.5) is 5.69 Å². The Morgan fingerprint density at radius 2 is 2.08 bits per heavy atom. The largest absolute Gasteiger partial charge is 0.355 e. The summed E-state index contributed by atoms with van der Waals surface area (Å²) in [5, 5.41) is 5.76. The van der Waals surface area contributed by atoms with Crippen molar-refractivity contribution < 1.29 is 13.2 Å². The van der Waals surface area contributed by atoms with Crippen LogP contribution < -0.4 is 10.6 Å². The van der Waals surface area contributed by atoms with Crippen molar-refractivity contribution in [3.05, 3.63) is 35.9 Å². The fourth-order valence-corrected chi connectivity index (χ4v) is 4.10. The van der Waals surface area contributed by atoms with Gasteiger partial charge in [0, 0.05) is 6.54 Å². The number of nitrogens with one attached hydrogen (secondary N) is 2. The number of hydrogen-bond donors (Lipinski definition) is 2. The van der Waals surface area contributed by atoms with Crippen LogP contribution in [-0.4, -0.2) is 26.7 Å². The first kappa shape index (κ1) is 16.7. The summed E-state index contributed by atoms with van der Waals surface area (Å²) in [6.45, 7) is 0.571. The molecule has 3 rings (SSSR count). The van der Waals surface area contributed by atoms with Gasteiger partial charge in [-0.15, -0.1) is 4.40 Å². The Morgan fingerprint density at radius 1 is 1.25 bits per heavy atom. The fourth-order valence-electron chi connectivity index (χ4n) is 2.95. The molecule has 2 N–H and O–H groups in total. The summed E-state index contributed by atoms with van der Waals surface area (Å²) in [7, 11) is -3.74. The number of rotatable bonds is 5. The zero-order chi connectivity index (χ0) is 17.0. The third kappa shape index (κ3) is 4.03. The number of nitrogens with zero attached hydrogens (tertiary/aromatic N) is 1. The molecule has 0 fully saturated rings. The molecule has 0 bridgehead atoms. The number of benzene rings is 1. The normalized spacial score (nSPS) is 18.7. The summed E-state index contributed by atoms with van der Waals surface area (Å²) in [5.41, 5.74) is 1.86. The third-order valence-corrected chi connectivity index (χ3v) is 5.53. The van der Waals surface area contributed by atoms with Crippen LogP contribution in [0.1, 0.15) is 38.5 Å². The topological polar surface area (TPSA) is 87.6 Å². The van der Waals surface area contributed by atoms with Crippen LogP contribution in [0.3, 0.4) is 0 Å². The van der Waals surface area contributed by atoms with E-state index >= 15 is 0 Å². The number of carbonyl (C=O) groups excluding carboxylic acids is 1. The molecule has 1 aliphatic carbocycles. The van der Waals surface area contributed by atoms with Gasteiger partial charge in [0.1, 0.15) is 10.7 Å². The lowest BCUT2D eigenvalue weighted by atomic mass is 9.97. The quantitative estimate of drug-likeness (QED) is 0.802. The van der Waals surface area contributed by atoms with Crippen molar-refractivity contribution in [2.24, 2.45) is 4.40 Å². The number of para-hydroxylation sites is 1. The molecule has 1 amide bonds. The van der Waals surface area contributed by atoms with Gasteiger partial charge in [0.05, 0.1) is 12.1 Å². The van der Waals surface area contributed by atoms with Crippen molar-refractivity contribution in [1.29, 1.82) is 0 Å². The summed E-state index contributed by atoms with van der Waals surface area (Å²) in [6.07, 6.45) is 7.74. The highest BCUT2D eigenvalue weighted by Gasteiger charge is 2.25. The molecule has 7 heteroatoms. The van der Waals surface area contributed by atoms with E-state index in [0.29, 0.717) is 12.2 Å². The van der Waals surface area contributed by atoms with Crippen LogP contribution in [0.5, 0.6) is 0 Å². The van der Waals surface area contributed by atoms with Crippen molar-refractivity contribution in [1.82, 2.24) is 5.32 Å². The third-order valence-electron chi connectivity index (χ3n) is 4.16. The second kappa shape index (κ2) is 7.17. The molecule has 0 spiro atoms. The highest BCUT2D eigenvalue weighted by Crippen LogP contribution is 2.27. The Bertz CT molecular complexity index is 797. The maximum atomic E-state index is 12.1. The number of anilines is 1. The Kier molecular flexibility index (Phi) is 4.99. The van der Waals surface area contributed by atoms with Gasteiger partial charge in [0.15, 0.2) is 0 Å². The summed E-state index contributed by atoms with van der Waals surface area (Å²) in [5.74, 6) is -0.0738. The van der Waals surface area contributed by atoms with E-state index in [0.717, 1.165) is 19.3 Å². The summed E-state index contributed by atoms with van der Waals surface area (Å²) in [4.78, 5) is 12.2. The van der Waals surface area contributed by atoms with E-state index in [4.69, 9.17) is 0 Å². The van der Waals surface area contributed by atoms with Crippen molar-refractivity contribution in [3.8, 4) is 0 Å². The molecular formula is C17H21N3O3S. The standard InChI is InChI=1S/C17H21N3O3S/c21-17(18-11-10-13-6-2-1-3-7-13)12-16-19-14-8-4-5-9-15(14)24(22,23)20-16/h4-6,8-9H,1-3,7,10-12H2,(H,18,21)(H,19,20). The van der Waals surface area contributed by atoms with E-state index in [2.05, 4.69) is 21.1 Å². The Hall–Kier alpha value is -2.15. The van der Waals surface area contributed by atoms with E-state index < -0.39 is 10.0 Å². The SMILES string of the molecule is O=C(CC1=NS(=O)(=O)c2ccccc2N1)NCCC1=CCCCC1. The van der Waals surface area contributed by atoms with E-state index in [9.17, 15) is 13.2 Å². The first-order valence-corrected chi connectivity index (χ1v) is 9.63. The van der Waals surface area contributed by atoms with Crippen LogP contribution >= 0.6 is 0 Å². The number of amidine groups is 1. The van der Waals surface area contributed by atoms with Crippen molar-refractivity contribution in [2.45, 2.75) is 43.4 Å². The van der Waals surface area contributed by atoms with Gasteiger partial charge in [-0.2, -0.15) is 8.42 Å². The maximum Gasteiger partial charge on any atom is 0.286 e. The first-order valence-electron chi connectivity index (χ1n) is 8.19. The molecule has 0 aromatic heterocycles. The lowest BCUT2D eigenvalue weighted by molar-refractivity contribution is -0.119. The molecule has 1 aromatic rings. The minimum absolute atomic E-state index is 0.0768. The molecule has 0 unspecified atom stereocenters. The Morgan fingerprint density at radius 3 is 2.88 bits per heavy atom. The molecule has 6 nitrogen and oxygen atoms in total. The van der Waals surface area contributed by atoms with Gasteiger partial charge in [-0.3, -0.25) is 4.79 Å². The molecular weight excluding hydrogens is 326 g/mol. The van der Waals surface area contributed by atoms with Crippen LogP contribution in [0.25, 0.3) is 0 Å². The maximum absolute atomic E-state index is 12.1. The van der Waals surface area contributed by atoms with Gasteiger partial charge in [-0.05, 0) is 44.2 Å². The fraction of sp³-hybridized carbons (Fsp3) is 0.412.